The smallest absolute Gasteiger partial charge is 0.276 e. The number of anilines is 2. The summed E-state index contributed by atoms with van der Waals surface area (Å²) < 4.78 is 11.2. The number of nitrogens with zero attached hydrogens (tertiary/aromatic N) is 4. The van der Waals surface area contributed by atoms with E-state index in [1.165, 1.54) is 6.42 Å². The number of aliphatic hydroxyl groups is 1. The summed E-state index contributed by atoms with van der Waals surface area (Å²) in [7, 11) is 0. The summed E-state index contributed by atoms with van der Waals surface area (Å²) in [6.07, 6.45) is 5.25. The SMILES string of the molecule is Cc1ccc(NC(=O)c2cc(C3CCC3)cnn2)cc1-c1cc(OCCO)nc(N2CCOCC2)c1. The van der Waals surface area contributed by atoms with Crippen LogP contribution in [0.25, 0.3) is 11.1 Å². The number of carbonyl (C=O) groups excluding carboxylic acids is 1. The van der Waals surface area contributed by atoms with Gasteiger partial charge in [-0.15, -0.1) is 5.10 Å². The Morgan fingerprint density at radius 2 is 2.03 bits per heavy atom. The highest BCUT2D eigenvalue weighted by Gasteiger charge is 2.22. The molecule has 1 aliphatic carbocycles. The number of ether oxygens (including phenoxy) is 2. The molecule has 0 unspecified atom stereocenters. The summed E-state index contributed by atoms with van der Waals surface area (Å²) in [4.78, 5) is 19.8. The maximum atomic E-state index is 13.0. The Morgan fingerprint density at radius 3 is 2.78 bits per heavy atom. The van der Waals surface area contributed by atoms with Crippen molar-refractivity contribution < 1.29 is 19.4 Å². The van der Waals surface area contributed by atoms with Crippen LogP contribution < -0.4 is 15.0 Å². The lowest BCUT2D eigenvalue weighted by Gasteiger charge is -2.28. The molecule has 1 saturated heterocycles. The Kier molecular flexibility index (Phi) is 7.39. The van der Waals surface area contributed by atoms with Gasteiger partial charge in [0, 0.05) is 24.8 Å². The number of hydrogen-bond acceptors (Lipinski definition) is 8. The number of morpholine rings is 1. The number of aromatic nitrogens is 3. The van der Waals surface area contributed by atoms with Crippen LogP contribution in [0, 0.1) is 6.92 Å². The number of hydrogen-bond donors (Lipinski definition) is 2. The van der Waals surface area contributed by atoms with E-state index in [1.807, 2.05) is 43.3 Å². The average molecular weight is 490 g/mol. The minimum Gasteiger partial charge on any atom is -0.475 e. The van der Waals surface area contributed by atoms with Crippen molar-refractivity contribution in [1.29, 1.82) is 0 Å². The summed E-state index contributed by atoms with van der Waals surface area (Å²) >= 11 is 0. The van der Waals surface area contributed by atoms with Gasteiger partial charge in [-0.25, -0.2) is 0 Å². The van der Waals surface area contributed by atoms with Gasteiger partial charge in [-0.1, -0.05) is 12.5 Å². The van der Waals surface area contributed by atoms with Crippen LogP contribution in [0.5, 0.6) is 5.88 Å². The number of rotatable bonds is 8. The van der Waals surface area contributed by atoms with Gasteiger partial charge in [-0.2, -0.15) is 10.1 Å². The van der Waals surface area contributed by atoms with Crippen molar-refractivity contribution in [3.8, 4) is 17.0 Å². The van der Waals surface area contributed by atoms with Crippen molar-refractivity contribution in [3.05, 3.63) is 59.4 Å². The van der Waals surface area contributed by atoms with Crippen LogP contribution >= 0.6 is 0 Å². The molecular weight excluding hydrogens is 458 g/mol. The fourth-order valence-electron chi connectivity index (χ4n) is 4.49. The standard InChI is InChI=1S/C27H31N5O4/c1-18-5-6-22(29-27(34)24-13-21(17-28-31-24)19-3-2-4-19)16-23(18)20-14-25(32-7-10-35-11-8-32)30-26(15-20)36-12-9-33/h5-6,13-17,19,33H,2-4,7-12H2,1H3,(H,29,34). The minimum absolute atomic E-state index is 0.0931. The van der Waals surface area contributed by atoms with Gasteiger partial charge in [0.15, 0.2) is 5.69 Å². The number of nitrogens with one attached hydrogen (secondary N) is 1. The third-order valence-electron chi connectivity index (χ3n) is 6.76. The first-order valence-electron chi connectivity index (χ1n) is 12.4. The lowest BCUT2D eigenvalue weighted by molar-refractivity contribution is 0.102. The third-order valence-corrected chi connectivity index (χ3v) is 6.76. The van der Waals surface area contributed by atoms with Crippen molar-refractivity contribution >= 4 is 17.4 Å². The highest BCUT2D eigenvalue weighted by Crippen LogP contribution is 2.36. The molecule has 0 atom stereocenters. The molecule has 0 spiro atoms. The van der Waals surface area contributed by atoms with Crippen molar-refractivity contribution in [3.63, 3.8) is 0 Å². The molecule has 5 rings (SSSR count). The fourth-order valence-corrected chi connectivity index (χ4v) is 4.49. The topological polar surface area (TPSA) is 110 Å². The molecule has 3 aromatic rings. The largest absolute Gasteiger partial charge is 0.475 e. The fraction of sp³-hybridized carbons (Fsp3) is 0.407. The predicted octanol–water partition coefficient (Wildman–Crippen LogP) is 3.57. The van der Waals surface area contributed by atoms with E-state index < -0.39 is 0 Å². The second-order valence-electron chi connectivity index (χ2n) is 9.21. The molecule has 9 heteroatoms. The van der Waals surface area contributed by atoms with Crippen LogP contribution in [-0.4, -0.2) is 65.7 Å². The van der Waals surface area contributed by atoms with Crippen LogP contribution in [-0.2, 0) is 4.74 Å². The monoisotopic (exact) mass is 489 g/mol. The van der Waals surface area contributed by atoms with E-state index in [0.717, 1.165) is 54.0 Å². The van der Waals surface area contributed by atoms with Crippen LogP contribution in [0.1, 0.15) is 46.8 Å². The molecule has 1 aliphatic heterocycles. The Hall–Kier alpha value is -3.56. The zero-order chi connectivity index (χ0) is 24.9. The highest BCUT2D eigenvalue weighted by atomic mass is 16.5. The maximum Gasteiger partial charge on any atom is 0.276 e. The van der Waals surface area contributed by atoms with Crippen LogP contribution in [0.4, 0.5) is 11.5 Å². The average Bonchev–Trinajstić information content (AvgIpc) is 2.88. The molecule has 2 fully saturated rings. The highest BCUT2D eigenvalue weighted by molar-refractivity contribution is 6.03. The first kappa shape index (κ1) is 24.1. The van der Waals surface area contributed by atoms with Gasteiger partial charge in [0.2, 0.25) is 5.88 Å². The minimum atomic E-state index is -0.283. The molecule has 1 amide bonds. The second kappa shape index (κ2) is 11.0. The van der Waals surface area contributed by atoms with Gasteiger partial charge in [0.25, 0.3) is 5.91 Å². The molecule has 1 saturated carbocycles. The Morgan fingerprint density at radius 1 is 1.19 bits per heavy atom. The molecule has 1 aromatic carbocycles. The number of amides is 1. The van der Waals surface area contributed by atoms with E-state index in [-0.39, 0.29) is 19.1 Å². The molecular formula is C27H31N5O4. The van der Waals surface area contributed by atoms with Gasteiger partial charge >= 0.3 is 0 Å². The maximum absolute atomic E-state index is 13.0. The number of benzene rings is 1. The summed E-state index contributed by atoms with van der Waals surface area (Å²) in [5.41, 5.74) is 4.98. The predicted molar refractivity (Wildman–Crippen MR) is 137 cm³/mol. The number of pyridine rings is 1. The van der Waals surface area contributed by atoms with Crippen LogP contribution in [0.15, 0.2) is 42.6 Å². The normalized spacial score (nSPS) is 15.9. The van der Waals surface area contributed by atoms with Gasteiger partial charge in [-0.3, -0.25) is 4.79 Å². The van der Waals surface area contributed by atoms with Gasteiger partial charge < -0.3 is 24.8 Å². The van der Waals surface area contributed by atoms with E-state index in [0.29, 0.717) is 36.4 Å². The number of carbonyl (C=O) groups is 1. The van der Waals surface area contributed by atoms with E-state index in [9.17, 15) is 9.90 Å². The summed E-state index contributed by atoms with van der Waals surface area (Å²) in [6.45, 7) is 4.86. The number of aryl methyl sites for hydroxylation is 1. The summed E-state index contributed by atoms with van der Waals surface area (Å²) in [5.74, 6) is 1.43. The van der Waals surface area contributed by atoms with Gasteiger partial charge in [0.05, 0.1) is 26.0 Å². The Balaban J connectivity index is 1.42. The van der Waals surface area contributed by atoms with Crippen molar-refractivity contribution in [2.24, 2.45) is 0 Å². The lowest BCUT2D eigenvalue weighted by Crippen LogP contribution is -2.36. The molecule has 2 N–H and O–H groups in total. The first-order chi connectivity index (χ1) is 17.6. The summed E-state index contributed by atoms with van der Waals surface area (Å²) in [6, 6.07) is 11.5. The zero-order valence-electron chi connectivity index (χ0n) is 20.4. The molecule has 36 heavy (non-hydrogen) atoms. The summed E-state index contributed by atoms with van der Waals surface area (Å²) in [5, 5.41) is 20.3. The second-order valence-corrected chi connectivity index (χ2v) is 9.21. The Labute approximate surface area is 210 Å². The first-order valence-corrected chi connectivity index (χ1v) is 12.4. The van der Waals surface area contributed by atoms with Crippen molar-refractivity contribution in [2.75, 3.05) is 49.7 Å². The Bertz CT molecular complexity index is 1220. The zero-order valence-corrected chi connectivity index (χ0v) is 20.4. The van der Waals surface area contributed by atoms with Crippen LogP contribution in [0.3, 0.4) is 0 Å². The van der Waals surface area contributed by atoms with E-state index in [1.54, 1.807) is 6.20 Å². The van der Waals surface area contributed by atoms with Gasteiger partial charge in [-0.05, 0) is 72.2 Å². The molecule has 188 valence electrons. The van der Waals surface area contributed by atoms with E-state index in [4.69, 9.17) is 9.47 Å². The number of aliphatic hydroxyl groups excluding tert-OH is 1. The van der Waals surface area contributed by atoms with Crippen molar-refractivity contribution in [2.45, 2.75) is 32.1 Å². The van der Waals surface area contributed by atoms with E-state index in [2.05, 4.69) is 25.4 Å². The molecule has 3 heterocycles. The molecule has 2 aliphatic rings. The quantitative estimate of drug-likeness (QED) is 0.494. The van der Waals surface area contributed by atoms with Gasteiger partial charge in [0.1, 0.15) is 12.4 Å². The lowest BCUT2D eigenvalue weighted by atomic mass is 9.81. The third kappa shape index (κ3) is 5.47. The molecule has 0 radical (unpaired) electrons. The molecule has 2 aromatic heterocycles. The van der Waals surface area contributed by atoms with E-state index >= 15 is 0 Å². The van der Waals surface area contributed by atoms with Crippen LogP contribution in [0.2, 0.25) is 0 Å². The molecule has 9 nitrogen and oxygen atoms in total. The molecule has 0 bridgehead atoms. The van der Waals surface area contributed by atoms with Crippen molar-refractivity contribution in [1.82, 2.24) is 15.2 Å².